The van der Waals surface area contributed by atoms with Gasteiger partial charge < -0.3 is 20.3 Å². The van der Waals surface area contributed by atoms with Crippen molar-refractivity contribution in [2.45, 2.75) is 25.6 Å². The molecule has 1 fully saturated rings. The van der Waals surface area contributed by atoms with Crippen molar-refractivity contribution >= 4 is 56.5 Å². The number of amides is 4. The van der Waals surface area contributed by atoms with Gasteiger partial charge in [-0.15, -0.1) is 11.3 Å². The van der Waals surface area contributed by atoms with E-state index >= 15 is 0 Å². The Bertz CT molecular complexity index is 1690. The van der Waals surface area contributed by atoms with Crippen molar-refractivity contribution in [1.29, 1.82) is 0 Å². The van der Waals surface area contributed by atoms with E-state index in [2.05, 4.69) is 22.2 Å². The van der Waals surface area contributed by atoms with E-state index in [1.165, 1.54) is 4.90 Å². The number of carbonyl (C=O) groups is 3. The summed E-state index contributed by atoms with van der Waals surface area (Å²) in [5, 5.41) is 6.36. The number of nitrogens with zero attached hydrogens (tertiary/aromatic N) is 3. The third-order valence-corrected chi connectivity index (χ3v) is 8.16. The maximum Gasteiger partial charge on any atom is 0.331 e. The van der Waals surface area contributed by atoms with Crippen molar-refractivity contribution in [1.82, 2.24) is 15.2 Å². The third kappa shape index (κ3) is 5.00. The zero-order valence-electron chi connectivity index (χ0n) is 22.1. The number of likely N-dealkylation sites (tertiary alicyclic amines) is 1. The van der Waals surface area contributed by atoms with Crippen molar-refractivity contribution in [2.75, 3.05) is 23.3 Å². The van der Waals surface area contributed by atoms with Crippen LogP contribution < -0.4 is 20.3 Å². The number of para-hydroxylation sites is 1. The quantitative estimate of drug-likeness (QED) is 0.279. The minimum absolute atomic E-state index is 0.0384. The number of piperidine rings is 1. The van der Waals surface area contributed by atoms with E-state index in [1.54, 1.807) is 23.2 Å². The summed E-state index contributed by atoms with van der Waals surface area (Å²) in [5.74, 6) is 0.484. The van der Waals surface area contributed by atoms with Crippen molar-refractivity contribution in [3.8, 4) is 11.5 Å². The Morgan fingerprint density at radius 3 is 2.71 bits per heavy atom. The lowest BCUT2D eigenvalue weighted by Gasteiger charge is -2.34. The first kappa shape index (κ1) is 26.5. The van der Waals surface area contributed by atoms with Crippen LogP contribution in [0.15, 0.2) is 73.4 Å². The Balaban J connectivity index is 1.29. The number of aryl methyl sites for hydroxylation is 1. The molecule has 6 rings (SSSR count). The van der Waals surface area contributed by atoms with Crippen LogP contribution >= 0.6 is 11.3 Å². The van der Waals surface area contributed by atoms with Gasteiger partial charge >= 0.3 is 6.03 Å². The predicted molar refractivity (Wildman–Crippen MR) is 156 cm³/mol. The largest absolute Gasteiger partial charge is 0.457 e. The summed E-state index contributed by atoms with van der Waals surface area (Å²) < 4.78 is 20.3. The second-order valence-corrected chi connectivity index (χ2v) is 10.9. The molecule has 2 aromatic carbocycles. The SMILES string of the molecule is C=CC(=O)N1C[C@H](F)C[C@@H](NC(=O)c2sc3nccc4c3c2NC(=O)N4c2ccc(Oc3ccccc3)cc2C)C1. The van der Waals surface area contributed by atoms with Gasteiger partial charge in [0.1, 0.15) is 27.4 Å². The first-order valence-corrected chi connectivity index (χ1v) is 13.9. The number of benzene rings is 2. The number of alkyl halides is 1. The number of anilines is 3. The molecule has 0 saturated carbocycles. The fourth-order valence-electron chi connectivity index (χ4n) is 5.25. The maximum absolute atomic E-state index is 14.4. The van der Waals surface area contributed by atoms with Gasteiger partial charge in [-0.05, 0) is 55.0 Å². The van der Waals surface area contributed by atoms with Gasteiger partial charge in [-0.25, -0.2) is 14.2 Å². The van der Waals surface area contributed by atoms with E-state index in [1.807, 2.05) is 49.4 Å². The summed E-state index contributed by atoms with van der Waals surface area (Å²) in [5.41, 5.74) is 2.42. The van der Waals surface area contributed by atoms with E-state index in [4.69, 9.17) is 4.74 Å². The molecule has 0 bridgehead atoms. The van der Waals surface area contributed by atoms with Gasteiger partial charge in [0, 0.05) is 25.2 Å². The average Bonchev–Trinajstić information content (AvgIpc) is 3.33. The highest BCUT2D eigenvalue weighted by atomic mass is 32.1. The summed E-state index contributed by atoms with van der Waals surface area (Å²) in [7, 11) is 0. The van der Waals surface area contributed by atoms with E-state index in [9.17, 15) is 18.8 Å². The standard InChI is InChI=1S/C30H26FN5O4S/c1-3-24(37)35-15-18(31)14-19(16-35)33-28(38)27-26-25-23(11-12-32-29(25)41-27)36(30(39)34-26)22-10-9-21(13-17(22)2)40-20-7-5-4-6-8-20/h3-13,18-19H,1,14-16H2,2H3,(H,33,38)(H,34,39)/t18-,19-/m1/s1. The first-order valence-electron chi connectivity index (χ1n) is 13.0. The molecule has 2 atom stereocenters. The smallest absolute Gasteiger partial charge is 0.331 e. The molecule has 2 aliphatic rings. The number of ether oxygens (including phenoxy) is 1. The summed E-state index contributed by atoms with van der Waals surface area (Å²) in [6.07, 6.45) is 1.54. The molecule has 2 aromatic heterocycles. The van der Waals surface area contributed by atoms with E-state index in [0.717, 1.165) is 23.0 Å². The van der Waals surface area contributed by atoms with Crippen LogP contribution in [0.2, 0.25) is 0 Å². The zero-order valence-corrected chi connectivity index (χ0v) is 22.9. The van der Waals surface area contributed by atoms with Crippen LogP contribution in [0, 0.1) is 6.92 Å². The van der Waals surface area contributed by atoms with Gasteiger partial charge in [-0.1, -0.05) is 24.8 Å². The molecule has 11 heteroatoms. The van der Waals surface area contributed by atoms with Crippen LogP contribution in [-0.4, -0.2) is 53.0 Å². The van der Waals surface area contributed by atoms with E-state index in [0.29, 0.717) is 38.8 Å². The number of hydrogen-bond acceptors (Lipinski definition) is 6. The van der Waals surface area contributed by atoms with Crippen molar-refractivity contribution in [2.24, 2.45) is 0 Å². The minimum Gasteiger partial charge on any atom is -0.457 e. The molecule has 208 valence electrons. The van der Waals surface area contributed by atoms with Crippen LogP contribution in [-0.2, 0) is 4.79 Å². The van der Waals surface area contributed by atoms with Crippen LogP contribution in [0.1, 0.15) is 21.7 Å². The Labute approximate surface area is 239 Å². The summed E-state index contributed by atoms with van der Waals surface area (Å²) in [6.45, 7) is 5.49. The number of carbonyl (C=O) groups excluding carboxylic acids is 3. The van der Waals surface area contributed by atoms with Crippen LogP contribution in [0.4, 0.5) is 26.2 Å². The van der Waals surface area contributed by atoms with Gasteiger partial charge in [-0.2, -0.15) is 0 Å². The molecule has 2 N–H and O–H groups in total. The molecule has 0 spiro atoms. The van der Waals surface area contributed by atoms with Gasteiger partial charge in [-0.3, -0.25) is 14.5 Å². The Kier molecular flexibility index (Phi) is 6.88. The third-order valence-electron chi connectivity index (χ3n) is 7.06. The molecule has 0 radical (unpaired) electrons. The van der Waals surface area contributed by atoms with Gasteiger partial charge in [0.25, 0.3) is 5.91 Å². The molecular formula is C30H26FN5O4S. The normalized spacial score (nSPS) is 18.1. The number of halogens is 1. The molecule has 4 amide bonds. The Hall–Kier alpha value is -4.77. The number of aromatic nitrogens is 1. The second kappa shape index (κ2) is 10.7. The molecule has 4 heterocycles. The summed E-state index contributed by atoms with van der Waals surface area (Å²) >= 11 is 1.14. The molecule has 4 aromatic rings. The van der Waals surface area contributed by atoms with Crippen molar-refractivity contribution < 1.29 is 23.5 Å². The fraction of sp³-hybridized carbons (Fsp3) is 0.200. The van der Waals surface area contributed by atoms with E-state index in [-0.39, 0.29) is 30.3 Å². The molecule has 9 nitrogen and oxygen atoms in total. The lowest BCUT2D eigenvalue weighted by atomic mass is 10.0. The number of pyridine rings is 1. The van der Waals surface area contributed by atoms with Gasteiger partial charge in [0.2, 0.25) is 5.91 Å². The van der Waals surface area contributed by atoms with Crippen LogP contribution in [0.3, 0.4) is 0 Å². The lowest BCUT2D eigenvalue weighted by Crippen LogP contribution is -2.53. The van der Waals surface area contributed by atoms with Crippen molar-refractivity contribution in [3.05, 3.63) is 83.9 Å². The summed E-state index contributed by atoms with van der Waals surface area (Å²) in [4.78, 5) is 47.1. The number of nitrogens with one attached hydrogen (secondary N) is 2. The Morgan fingerprint density at radius 2 is 1.95 bits per heavy atom. The molecule has 41 heavy (non-hydrogen) atoms. The number of thiophene rings is 1. The van der Waals surface area contributed by atoms with Gasteiger partial charge in [0.15, 0.2) is 0 Å². The molecule has 1 saturated heterocycles. The number of hydrogen-bond donors (Lipinski definition) is 2. The molecular weight excluding hydrogens is 545 g/mol. The minimum atomic E-state index is -1.27. The highest BCUT2D eigenvalue weighted by molar-refractivity contribution is 7.21. The predicted octanol–water partition coefficient (Wildman–Crippen LogP) is 5.94. The Morgan fingerprint density at radius 1 is 1.15 bits per heavy atom. The summed E-state index contributed by atoms with van der Waals surface area (Å²) in [6, 6.07) is 15.6. The van der Waals surface area contributed by atoms with Crippen LogP contribution in [0.5, 0.6) is 11.5 Å². The lowest BCUT2D eigenvalue weighted by molar-refractivity contribution is -0.128. The zero-order chi connectivity index (χ0) is 28.7. The molecule has 0 unspecified atom stereocenters. The monoisotopic (exact) mass is 571 g/mol. The highest BCUT2D eigenvalue weighted by Gasteiger charge is 2.35. The number of urea groups is 1. The van der Waals surface area contributed by atoms with E-state index < -0.39 is 24.2 Å². The fourth-order valence-corrected chi connectivity index (χ4v) is 6.27. The maximum atomic E-state index is 14.4. The highest BCUT2D eigenvalue weighted by Crippen LogP contribution is 2.46. The van der Waals surface area contributed by atoms with Crippen molar-refractivity contribution in [3.63, 3.8) is 0 Å². The number of rotatable bonds is 6. The molecule has 2 aliphatic heterocycles. The van der Waals surface area contributed by atoms with Crippen LogP contribution in [0.25, 0.3) is 10.2 Å². The topological polar surface area (TPSA) is 104 Å². The first-order chi connectivity index (χ1) is 19.8. The second-order valence-electron chi connectivity index (χ2n) is 9.90. The average molecular weight is 572 g/mol. The van der Waals surface area contributed by atoms with Gasteiger partial charge in [0.05, 0.1) is 29.0 Å². The molecule has 0 aliphatic carbocycles.